The van der Waals surface area contributed by atoms with Gasteiger partial charge in [0, 0.05) is 11.5 Å². The molecule has 0 radical (unpaired) electrons. The maximum Gasteiger partial charge on any atom is 0.348 e. The zero-order valence-corrected chi connectivity index (χ0v) is 18.7. The van der Waals surface area contributed by atoms with E-state index in [9.17, 15) is 14.7 Å². The Morgan fingerprint density at radius 1 is 1.16 bits per heavy atom. The van der Waals surface area contributed by atoms with Crippen LogP contribution in [0.2, 0.25) is 0 Å². The lowest BCUT2D eigenvalue weighted by Crippen LogP contribution is -2.36. The minimum atomic E-state index is -1.12. The number of aromatic nitrogens is 4. The molecule has 0 spiro atoms. The number of carbonyl (C=O) groups is 2. The van der Waals surface area contributed by atoms with Gasteiger partial charge in [0.1, 0.15) is 21.9 Å². The van der Waals surface area contributed by atoms with Crippen molar-refractivity contribution < 1.29 is 14.7 Å². The van der Waals surface area contributed by atoms with Gasteiger partial charge in [-0.15, -0.1) is 11.3 Å². The fraction of sp³-hybridized carbons (Fsp3) is 0.227. The highest BCUT2D eigenvalue weighted by atomic mass is 32.1. The third-order valence-corrected chi connectivity index (χ3v) is 6.36. The number of aromatic carboxylic acids is 1. The number of hydrogen-bond donors (Lipinski definition) is 2. The quantitative estimate of drug-likeness (QED) is 0.462. The van der Waals surface area contributed by atoms with Gasteiger partial charge in [0.15, 0.2) is 5.82 Å². The second-order valence-corrected chi connectivity index (χ2v) is 9.64. The Kier molecular flexibility index (Phi) is 4.31. The number of rotatable bonds is 3. The first-order chi connectivity index (χ1) is 15.1. The lowest BCUT2D eigenvalue weighted by molar-refractivity contribution is 0.0703. The number of anilines is 3. The van der Waals surface area contributed by atoms with Gasteiger partial charge in [0.25, 0.3) is 0 Å². The minimum absolute atomic E-state index is 0.0252. The Bertz CT molecular complexity index is 1400. The van der Waals surface area contributed by atoms with Gasteiger partial charge in [0.05, 0.1) is 22.5 Å². The minimum Gasteiger partial charge on any atom is -0.477 e. The summed E-state index contributed by atoms with van der Waals surface area (Å²) in [7, 11) is 0. The van der Waals surface area contributed by atoms with Crippen molar-refractivity contribution in [3.63, 3.8) is 0 Å². The van der Waals surface area contributed by atoms with Gasteiger partial charge in [0.2, 0.25) is 0 Å². The molecule has 1 aliphatic heterocycles. The molecule has 4 aromatic rings. The van der Waals surface area contributed by atoms with Crippen LogP contribution in [-0.2, 0) is 5.41 Å². The van der Waals surface area contributed by atoms with Crippen LogP contribution >= 0.6 is 11.3 Å². The Labute approximate surface area is 187 Å². The van der Waals surface area contributed by atoms with E-state index in [-0.39, 0.29) is 16.0 Å². The van der Waals surface area contributed by atoms with Gasteiger partial charge in [-0.2, -0.15) is 5.10 Å². The number of benzene rings is 1. The molecule has 3 aromatic heterocycles. The summed E-state index contributed by atoms with van der Waals surface area (Å²) in [6.07, 6.45) is 1.34. The average Bonchev–Trinajstić information content (AvgIpc) is 3.32. The Morgan fingerprint density at radius 2 is 1.88 bits per heavy atom. The zero-order valence-electron chi connectivity index (χ0n) is 17.9. The van der Waals surface area contributed by atoms with Crippen LogP contribution in [0, 0.1) is 6.92 Å². The topological polar surface area (TPSA) is 113 Å². The van der Waals surface area contributed by atoms with Crippen LogP contribution in [0.3, 0.4) is 0 Å². The van der Waals surface area contributed by atoms with Crippen LogP contribution in [0.1, 0.15) is 41.7 Å². The molecule has 2 N–H and O–H groups in total. The van der Waals surface area contributed by atoms with Crippen molar-refractivity contribution in [3.8, 4) is 5.69 Å². The summed E-state index contributed by atoms with van der Waals surface area (Å²) in [5.41, 5.74) is 2.67. The van der Waals surface area contributed by atoms with Crippen LogP contribution in [-0.4, -0.2) is 36.9 Å². The first-order valence-electron chi connectivity index (χ1n) is 9.94. The highest BCUT2D eigenvalue weighted by molar-refractivity contribution is 7.21. The van der Waals surface area contributed by atoms with E-state index in [1.54, 1.807) is 4.68 Å². The van der Waals surface area contributed by atoms with Crippen LogP contribution in [0.15, 0.2) is 36.7 Å². The molecular weight excluding hydrogens is 428 g/mol. The van der Waals surface area contributed by atoms with E-state index in [0.29, 0.717) is 21.9 Å². The lowest BCUT2D eigenvalue weighted by Gasteiger charge is -2.27. The van der Waals surface area contributed by atoms with Crippen molar-refractivity contribution >= 4 is 50.9 Å². The van der Waals surface area contributed by atoms with Crippen LogP contribution in [0.5, 0.6) is 0 Å². The van der Waals surface area contributed by atoms with Gasteiger partial charge < -0.3 is 10.4 Å². The monoisotopic (exact) mass is 448 g/mol. The maximum absolute atomic E-state index is 13.3. The number of carbonyl (C=O) groups excluding carboxylic acids is 1. The SMILES string of the molecule is Cc1ccc(-n2nc(C(C)(C)C)cc2N2C(=O)Nc3c(C(=O)O)sc4ncnc2c34)cc1. The van der Waals surface area contributed by atoms with Crippen molar-refractivity contribution in [1.82, 2.24) is 19.7 Å². The summed E-state index contributed by atoms with van der Waals surface area (Å²) in [6, 6.07) is 9.19. The predicted octanol–water partition coefficient (Wildman–Crippen LogP) is 4.86. The number of amides is 2. The molecule has 1 aliphatic rings. The van der Waals surface area contributed by atoms with Gasteiger partial charge >= 0.3 is 12.0 Å². The average molecular weight is 449 g/mol. The van der Waals surface area contributed by atoms with E-state index in [0.717, 1.165) is 28.3 Å². The fourth-order valence-corrected chi connectivity index (χ4v) is 4.53. The molecule has 10 heteroatoms. The van der Waals surface area contributed by atoms with Crippen molar-refractivity contribution in [3.05, 3.63) is 52.8 Å². The van der Waals surface area contributed by atoms with Crippen molar-refractivity contribution in [2.45, 2.75) is 33.1 Å². The Hall–Kier alpha value is -3.79. The summed E-state index contributed by atoms with van der Waals surface area (Å²) in [6.45, 7) is 8.15. The second kappa shape index (κ2) is 6.86. The number of nitrogens with zero attached hydrogens (tertiary/aromatic N) is 5. The molecule has 5 rings (SSSR count). The molecule has 0 atom stereocenters. The van der Waals surface area contributed by atoms with Gasteiger partial charge in [-0.3, -0.25) is 0 Å². The van der Waals surface area contributed by atoms with E-state index in [2.05, 4.69) is 15.3 Å². The fourth-order valence-electron chi connectivity index (χ4n) is 3.60. The summed E-state index contributed by atoms with van der Waals surface area (Å²) in [4.78, 5) is 35.5. The molecule has 1 aromatic carbocycles. The Balaban J connectivity index is 1.77. The molecule has 4 heterocycles. The zero-order chi connectivity index (χ0) is 22.8. The number of nitrogens with one attached hydrogen (secondary N) is 1. The summed E-state index contributed by atoms with van der Waals surface area (Å²) in [5.74, 6) is -0.293. The van der Waals surface area contributed by atoms with E-state index in [1.807, 2.05) is 58.0 Å². The smallest absolute Gasteiger partial charge is 0.348 e. The highest BCUT2D eigenvalue weighted by Gasteiger charge is 2.36. The van der Waals surface area contributed by atoms with Crippen LogP contribution < -0.4 is 10.2 Å². The van der Waals surface area contributed by atoms with E-state index < -0.39 is 12.0 Å². The lowest BCUT2D eigenvalue weighted by atomic mass is 9.92. The summed E-state index contributed by atoms with van der Waals surface area (Å²) >= 11 is 1.01. The first kappa shape index (κ1) is 20.1. The number of thiophene rings is 1. The van der Waals surface area contributed by atoms with Crippen LogP contribution in [0.4, 0.5) is 22.1 Å². The van der Waals surface area contributed by atoms with E-state index >= 15 is 0 Å². The molecule has 162 valence electrons. The molecule has 9 nitrogen and oxygen atoms in total. The van der Waals surface area contributed by atoms with Gasteiger partial charge in [-0.05, 0) is 19.1 Å². The van der Waals surface area contributed by atoms with Crippen molar-refractivity contribution in [2.24, 2.45) is 0 Å². The third-order valence-electron chi connectivity index (χ3n) is 5.28. The standard InChI is InChI=1S/C22H20N6O3S/c1-11-5-7-12(8-6-11)28-14(9-13(26-28)22(2,3)4)27-18-15-16(25-21(27)31)17(20(29)30)32-19(15)24-10-23-18/h5-10H,1-4H3,(H,25,31)(H,29,30). The van der Waals surface area contributed by atoms with Gasteiger partial charge in [-0.1, -0.05) is 38.5 Å². The van der Waals surface area contributed by atoms with Crippen LogP contribution in [0.25, 0.3) is 15.9 Å². The van der Waals surface area contributed by atoms with Gasteiger partial charge in [-0.25, -0.2) is 29.1 Å². The largest absolute Gasteiger partial charge is 0.477 e. The van der Waals surface area contributed by atoms with Crippen molar-refractivity contribution in [2.75, 3.05) is 10.2 Å². The summed E-state index contributed by atoms with van der Waals surface area (Å²) < 4.78 is 1.71. The molecule has 0 fully saturated rings. The highest BCUT2D eigenvalue weighted by Crippen LogP contribution is 2.45. The molecule has 0 unspecified atom stereocenters. The van der Waals surface area contributed by atoms with Crippen molar-refractivity contribution in [1.29, 1.82) is 0 Å². The molecule has 0 bridgehead atoms. The number of hydrogen-bond acceptors (Lipinski definition) is 6. The molecule has 0 saturated heterocycles. The summed E-state index contributed by atoms with van der Waals surface area (Å²) in [5, 5.41) is 17.6. The van der Waals surface area contributed by atoms with E-state index in [1.165, 1.54) is 11.2 Å². The normalized spacial score (nSPS) is 13.5. The molecular formula is C22H20N6O3S. The first-order valence-corrected chi connectivity index (χ1v) is 10.8. The third kappa shape index (κ3) is 3.02. The second-order valence-electron chi connectivity index (χ2n) is 8.64. The Morgan fingerprint density at radius 3 is 2.53 bits per heavy atom. The molecule has 0 aliphatic carbocycles. The maximum atomic E-state index is 13.3. The van der Waals surface area contributed by atoms with E-state index in [4.69, 9.17) is 5.10 Å². The molecule has 32 heavy (non-hydrogen) atoms. The molecule has 2 amide bonds. The number of aryl methyl sites for hydroxylation is 1. The predicted molar refractivity (Wildman–Crippen MR) is 123 cm³/mol. The number of carboxylic acids is 1. The number of carboxylic acid groups (broad SMARTS) is 1. The molecule has 0 saturated carbocycles. The number of urea groups is 1.